The highest BCUT2D eigenvalue weighted by atomic mass is 35.5. The first-order valence-corrected chi connectivity index (χ1v) is 11.5. The number of aryl methyl sites for hydroxylation is 1. The van der Waals surface area contributed by atoms with Gasteiger partial charge in [0.15, 0.2) is 0 Å². The fourth-order valence-corrected chi connectivity index (χ4v) is 4.10. The minimum absolute atomic E-state index is 0.0794. The third-order valence-corrected chi connectivity index (χ3v) is 6.16. The van der Waals surface area contributed by atoms with E-state index in [0.29, 0.717) is 43.3 Å². The molecule has 1 amide bonds. The van der Waals surface area contributed by atoms with Crippen LogP contribution in [0, 0.1) is 6.92 Å². The van der Waals surface area contributed by atoms with E-state index in [-0.39, 0.29) is 17.4 Å². The third-order valence-electron chi connectivity index (χ3n) is 5.79. The molecule has 0 radical (unpaired) electrons. The summed E-state index contributed by atoms with van der Waals surface area (Å²) >= 11 is 6.25. The van der Waals surface area contributed by atoms with Gasteiger partial charge in [0.2, 0.25) is 0 Å². The van der Waals surface area contributed by atoms with E-state index in [1.54, 1.807) is 18.3 Å². The van der Waals surface area contributed by atoms with Crippen LogP contribution >= 0.6 is 11.6 Å². The van der Waals surface area contributed by atoms with Gasteiger partial charge in [-0.25, -0.2) is 9.97 Å². The highest BCUT2D eigenvalue weighted by Crippen LogP contribution is 2.20. The van der Waals surface area contributed by atoms with Crippen molar-refractivity contribution in [1.29, 1.82) is 0 Å². The number of carbonyl (C=O) groups excluding carboxylic acids is 1. The van der Waals surface area contributed by atoms with Crippen LogP contribution in [0.1, 0.15) is 47.2 Å². The zero-order chi connectivity index (χ0) is 23.5. The Morgan fingerprint density at radius 2 is 1.79 bits per heavy atom. The van der Waals surface area contributed by atoms with E-state index in [0.717, 1.165) is 22.9 Å². The van der Waals surface area contributed by atoms with Crippen molar-refractivity contribution in [3.05, 3.63) is 86.7 Å². The third kappa shape index (κ3) is 5.25. The minimum atomic E-state index is -0.170. The van der Waals surface area contributed by atoms with Gasteiger partial charge < -0.3 is 14.4 Å². The Balaban J connectivity index is 1.46. The summed E-state index contributed by atoms with van der Waals surface area (Å²) in [4.78, 5) is 38.8. The van der Waals surface area contributed by atoms with Crippen molar-refractivity contribution in [3.8, 4) is 0 Å². The van der Waals surface area contributed by atoms with Crippen LogP contribution in [0.15, 0.2) is 53.5 Å². The number of hydrogen-bond acceptors (Lipinski definition) is 5. The van der Waals surface area contributed by atoms with E-state index < -0.39 is 0 Å². The van der Waals surface area contributed by atoms with Gasteiger partial charge in [-0.05, 0) is 24.6 Å². The van der Waals surface area contributed by atoms with E-state index in [2.05, 4.69) is 23.7 Å². The molecular weight excluding hydrogens is 438 g/mol. The van der Waals surface area contributed by atoms with Gasteiger partial charge in [0.1, 0.15) is 11.6 Å². The van der Waals surface area contributed by atoms with Gasteiger partial charge in [0.25, 0.3) is 11.5 Å². The summed E-state index contributed by atoms with van der Waals surface area (Å²) in [6, 6.07) is 12.4. The summed E-state index contributed by atoms with van der Waals surface area (Å²) < 4.78 is 1.53. The van der Waals surface area contributed by atoms with Crippen LogP contribution in [0.25, 0.3) is 0 Å². The monoisotopic (exact) mass is 465 g/mol. The number of rotatable bonds is 5. The standard InChI is InChI=1S/C25H28ClN5O2/c1-17(2)24-27-18(3)14-22(28-24)29-10-12-30(13-11-29)25(33)20-8-9-23(32)31(16-20)15-19-6-4-5-7-21(19)26/h4-9,14,16-17H,10-13,15H2,1-3H3. The first kappa shape index (κ1) is 23.0. The molecule has 1 aliphatic rings. The second-order valence-electron chi connectivity index (χ2n) is 8.63. The van der Waals surface area contributed by atoms with E-state index >= 15 is 0 Å². The molecule has 2 aromatic heterocycles. The Hall–Kier alpha value is -3.19. The zero-order valence-electron chi connectivity index (χ0n) is 19.2. The highest BCUT2D eigenvalue weighted by molar-refractivity contribution is 6.31. The number of pyridine rings is 1. The van der Waals surface area contributed by atoms with Gasteiger partial charge in [-0.3, -0.25) is 9.59 Å². The lowest BCUT2D eigenvalue weighted by Gasteiger charge is -2.35. The maximum atomic E-state index is 13.2. The highest BCUT2D eigenvalue weighted by Gasteiger charge is 2.24. The van der Waals surface area contributed by atoms with E-state index in [1.807, 2.05) is 36.1 Å². The van der Waals surface area contributed by atoms with Crippen molar-refractivity contribution in [2.45, 2.75) is 33.2 Å². The molecule has 0 spiro atoms. The molecule has 0 N–H and O–H groups in total. The van der Waals surface area contributed by atoms with Gasteiger partial charge in [0, 0.05) is 61.1 Å². The number of anilines is 1. The van der Waals surface area contributed by atoms with Crippen LogP contribution in [-0.2, 0) is 6.54 Å². The molecule has 1 aromatic carbocycles. The molecule has 7 nitrogen and oxygen atoms in total. The Labute approximate surface area is 198 Å². The van der Waals surface area contributed by atoms with E-state index in [9.17, 15) is 9.59 Å². The van der Waals surface area contributed by atoms with E-state index in [4.69, 9.17) is 16.6 Å². The SMILES string of the molecule is Cc1cc(N2CCN(C(=O)c3ccc(=O)n(Cc4ccccc4Cl)c3)CC2)nc(C(C)C)n1. The first-order chi connectivity index (χ1) is 15.8. The van der Waals surface area contributed by atoms with Crippen molar-refractivity contribution in [2.75, 3.05) is 31.1 Å². The van der Waals surface area contributed by atoms with Crippen LogP contribution in [-0.4, -0.2) is 51.5 Å². The number of carbonyl (C=O) groups is 1. The number of benzene rings is 1. The second kappa shape index (κ2) is 9.75. The molecule has 0 aliphatic carbocycles. The lowest BCUT2D eigenvalue weighted by Crippen LogP contribution is -2.49. The van der Waals surface area contributed by atoms with Crippen LogP contribution < -0.4 is 10.5 Å². The van der Waals surface area contributed by atoms with Gasteiger partial charge in [-0.15, -0.1) is 0 Å². The quantitative estimate of drug-likeness (QED) is 0.574. The summed E-state index contributed by atoms with van der Waals surface area (Å²) in [7, 11) is 0. The van der Waals surface area contributed by atoms with Crippen molar-refractivity contribution >= 4 is 23.3 Å². The number of amides is 1. The molecule has 33 heavy (non-hydrogen) atoms. The normalized spacial score (nSPS) is 14.1. The van der Waals surface area contributed by atoms with E-state index in [1.165, 1.54) is 10.6 Å². The minimum Gasteiger partial charge on any atom is -0.353 e. The van der Waals surface area contributed by atoms with Crippen molar-refractivity contribution < 1.29 is 4.79 Å². The summed E-state index contributed by atoms with van der Waals surface area (Å²) in [5.74, 6) is 1.92. The lowest BCUT2D eigenvalue weighted by molar-refractivity contribution is 0.0745. The fraction of sp³-hybridized carbons (Fsp3) is 0.360. The van der Waals surface area contributed by atoms with Crippen molar-refractivity contribution in [3.63, 3.8) is 0 Å². The molecule has 172 valence electrons. The van der Waals surface area contributed by atoms with Crippen LogP contribution in [0.4, 0.5) is 5.82 Å². The van der Waals surface area contributed by atoms with Gasteiger partial charge in [-0.2, -0.15) is 0 Å². The molecule has 1 fully saturated rings. The molecule has 3 heterocycles. The molecule has 8 heteroatoms. The van der Waals surface area contributed by atoms with Gasteiger partial charge in [0.05, 0.1) is 12.1 Å². The predicted molar refractivity (Wildman–Crippen MR) is 130 cm³/mol. The topological polar surface area (TPSA) is 71.3 Å². The Kier molecular flexibility index (Phi) is 6.79. The number of aromatic nitrogens is 3. The van der Waals surface area contributed by atoms with Gasteiger partial charge in [-0.1, -0.05) is 43.6 Å². The molecule has 0 atom stereocenters. The molecule has 0 bridgehead atoms. The lowest BCUT2D eigenvalue weighted by atomic mass is 10.2. The summed E-state index contributed by atoms with van der Waals surface area (Å²) in [6.45, 7) is 9.02. The first-order valence-electron chi connectivity index (χ1n) is 11.2. The zero-order valence-corrected chi connectivity index (χ0v) is 19.9. The Bertz CT molecular complexity index is 1220. The molecule has 4 rings (SSSR count). The number of hydrogen-bond donors (Lipinski definition) is 0. The van der Waals surface area contributed by atoms with Crippen molar-refractivity contribution in [2.24, 2.45) is 0 Å². The van der Waals surface area contributed by atoms with Crippen LogP contribution in [0.3, 0.4) is 0 Å². The smallest absolute Gasteiger partial charge is 0.255 e. The average molecular weight is 466 g/mol. The maximum absolute atomic E-state index is 13.2. The Morgan fingerprint density at radius 3 is 2.48 bits per heavy atom. The predicted octanol–water partition coefficient (Wildman–Crippen LogP) is 3.73. The molecule has 0 saturated carbocycles. The maximum Gasteiger partial charge on any atom is 0.255 e. The molecule has 0 unspecified atom stereocenters. The molecular formula is C25H28ClN5O2. The number of nitrogens with zero attached hydrogens (tertiary/aromatic N) is 5. The van der Waals surface area contributed by atoms with Crippen molar-refractivity contribution in [1.82, 2.24) is 19.4 Å². The van der Waals surface area contributed by atoms with Crippen LogP contribution in [0.2, 0.25) is 5.02 Å². The summed E-state index contributed by atoms with van der Waals surface area (Å²) in [5.41, 5.74) is 2.11. The fourth-order valence-electron chi connectivity index (χ4n) is 3.91. The average Bonchev–Trinajstić information content (AvgIpc) is 2.81. The number of halogens is 1. The number of piperazine rings is 1. The van der Waals surface area contributed by atoms with Gasteiger partial charge >= 0.3 is 0 Å². The molecule has 1 aliphatic heterocycles. The molecule has 3 aromatic rings. The van der Waals surface area contributed by atoms with Crippen LogP contribution in [0.5, 0.6) is 0 Å². The molecule has 1 saturated heterocycles. The summed E-state index contributed by atoms with van der Waals surface area (Å²) in [5, 5.41) is 0.595. The summed E-state index contributed by atoms with van der Waals surface area (Å²) in [6.07, 6.45) is 1.63. The Morgan fingerprint density at radius 1 is 1.06 bits per heavy atom. The largest absolute Gasteiger partial charge is 0.353 e. The second-order valence-corrected chi connectivity index (χ2v) is 9.04.